The maximum atomic E-state index is 13.2. The van der Waals surface area contributed by atoms with Crippen LogP contribution >= 0.6 is 0 Å². The molecular formula is C10H10F5N. The van der Waals surface area contributed by atoms with E-state index in [-0.39, 0.29) is 0 Å². The van der Waals surface area contributed by atoms with E-state index in [0.29, 0.717) is 6.07 Å². The van der Waals surface area contributed by atoms with Crippen LogP contribution in [0, 0.1) is 11.6 Å². The van der Waals surface area contributed by atoms with Crippen molar-refractivity contribution in [2.24, 2.45) is 0 Å². The Bertz CT molecular complexity index is 361. The van der Waals surface area contributed by atoms with E-state index in [1.54, 1.807) is 0 Å². The second kappa shape index (κ2) is 4.78. The van der Waals surface area contributed by atoms with Crippen LogP contribution in [-0.4, -0.2) is 19.8 Å². The molecule has 16 heavy (non-hydrogen) atoms. The van der Waals surface area contributed by atoms with E-state index in [2.05, 4.69) is 5.32 Å². The number of likely N-dealkylation sites (N-methyl/N-ethyl adjacent to an activating group) is 1. The fourth-order valence-electron chi connectivity index (χ4n) is 1.39. The zero-order valence-corrected chi connectivity index (χ0v) is 8.41. The number of benzene rings is 1. The van der Waals surface area contributed by atoms with E-state index in [4.69, 9.17) is 0 Å². The van der Waals surface area contributed by atoms with Gasteiger partial charge in [0, 0.05) is 18.2 Å². The smallest absolute Gasteiger partial charge is 0.319 e. The zero-order valence-electron chi connectivity index (χ0n) is 8.41. The minimum atomic E-state index is -4.57. The van der Waals surface area contributed by atoms with Crippen LogP contribution in [0.15, 0.2) is 18.2 Å². The van der Waals surface area contributed by atoms with E-state index in [1.807, 2.05) is 0 Å². The molecule has 0 fully saturated rings. The Morgan fingerprint density at radius 3 is 2.31 bits per heavy atom. The zero-order chi connectivity index (χ0) is 12.3. The summed E-state index contributed by atoms with van der Waals surface area (Å²) in [6.07, 6.45) is -4.57. The van der Waals surface area contributed by atoms with Gasteiger partial charge in [-0.1, -0.05) is 6.07 Å². The number of alkyl halides is 3. The largest absolute Gasteiger partial charge is 0.397 e. The molecule has 1 aromatic carbocycles. The maximum absolute atomic E-state index is 13.2. The molecule has 90 valence electrons. The minimum absolute atomic E-state index is 0.448. The molecule has 1 rings (SSSR count). The van der Waals surface area contributed by atoms with E-state index < -0.39 is 35.8 Å². The Morgan fingerprint density at radius 1 is 1.25 bits per heavy atom. The lowest BCUT2D eigenvalue weighted by atomic mass is 9.98. The summed E-state index contributed by atoms with van der Waals surface area (Å²) in [6.45, 7) is -0.452. The lowest BCUT2D eigenvalue weighted by molar-refractivity contribution is -0.149. The average Bonchev–Trinajstić information content (AvgIpc) is 2.13. The third kappa shape index (κ3) is 2.91. The quantitative estimate of drug-likeness (QED) is 0.800. The molecular weight excluding hydrogens is 229 g/mol. The first-order valence-electron chi connectivity index (χ1n) is 4.52. The molecule has 0 radical (unpaired) electrons. The van der Waals surface area contributed by atoms with E-state index in [1.165, 1.54) is 7.05 Å². The number of rotatable bonds is 3. The molecule has 0 aromatic heterocycles. The SMILES string of the molecule is CNCC(c1ccc(F)cc1F)C(F)(F)F. The average molecular weight is 239 g/mol. The van der Waals surface area contributed by atoms with Crippen molar-refractivity contribution in [3.63, 3.8) is 0 Å². The van der Waals surface area contributed by atoms with Crippen molar-refractivity contribution in [2.45, 2.75) is 12.1 Å². The normalized spacial score (nSPS) is 13.9. The van der Waals surface area contributed by atoms with Crippen LogP contribution in [0.3, 0.4) is 0 Å². The van der Waals surface area contributed by atoms with Gasteiger partial charge in [0.25, 0.3) is 0 Å². The Kier molecular flexibility index (Phi) is 3.85. The van der Waals surface area contributed by atoms with Gasteiger partial charge in [-0.3, -0.25) is 0 Å². The standard InChI is InChI=1S/C10H10F5N/c1-16-5-8(10(13,14)15)7-3-2-6(11)4-9(7)12/h2-4,8,16H,5H2,1H3. The molecule has 1 unspecified atom stereocenters. The van der Waals surface area contributed by atoms with Gasteiger partial charge in [-0.05, 0) is 13.1 Å². The summed E-state index contributed by atoms with van der Waals surface area (Å²) in [4.78, 5) is 0. The van der Waals surface area contributed by atoms with Crippen molar-refractivity contribution in [2.75, 3.05) is 13.6 Å². The molecule has 0 heterocycles. The molecule has 1 N–H and O–H groups in total. The van der Waals surface area contributed by atoms with Crippen molar-refractivity contribution in [3.05, 3.63) is 35.4 Å². The number of nitrogens with one attached hydrogen (secondary N) is 1. The van der Waals surface area contributed by atoms with Gasteiger partial charge in [0.15, 0.2) is 0 Å². The third-order valence-electron chi connectivity index (χ3n) is 2.14. The molecule has 0 spiro atoms. The monoisotopic (exact) mass is 239 g/mol. The fourth-order valence-corrected chi connectivity index (χ4v) is 1.39. The van der Waals surface area contributed by atoms with Crippen LogP contribution in [0.2, 0.25) is 0 Å². The molecule has 1 atom stereocenters. The predicted octanol–water partition coefficient (Wildman–Crippen LogP) is 2.83. The van der Waals surface area contributed by atoms with Crippen LogP contribution in [0.25, 0.3) is 0 Å². The fraction of sp³-hybridized carbons (Fsp3) is 0.400. The van der Waals surface area contributed by atoms with Gasteiger partial charge in [-0.25, -0.2) is 8.78 Å². The molecule has 0 aliphatic rings. The summed E-state index contributed by atoms with van der Waals surface area (Å²) in [6, 6.07) is 2.08. The molecule has 0 aliphatic heterocycles. The first-order chi connectivity index (χ1) is 7.36. The van der Waals surface area contributed by atoms with E-state index in [0.717, 1.165) is 12.1 Å². The molecule has 0 aliphatic carbocycles. The first-order valence-corrected chi connectivity index (χ1v) is 4.52. The summed E-state index contributed by atoms with van der Waals surface area (Å²) < 4.78 is 63.5. The highest BCUT2D eigenvalue weighted by molar-refractivity contribution is 5.24. The van der Waals surface area contributed by atoms with Gasteiger partial charge in [-0.15, -0.1) is 0 Å². The van der Waals surface area contributed by atoms with Gasteiger partial charge in [0.05, 0.1) is 5.92 Å². The number of hydrogen-bond donors (Lipinski definition) is 1. The predicted molar refractivity (Wildman–Crippen MR) is 49.1 cm³/mol. The van der Waals surface area contributed by atoms with Gasteiger partial charge in [0.2, 0.25) is 0 Å². The third-order valence-corrected chi connectivity index (χ3v) is 2.14. The summed E-state index contributed by atoms with van der Waals surface area (Å²) in [5, 5.41) is 2.33. The summed E-state index contributed by atoms with van der Waals surface area (Å²) >= 11 is 0. The van der Waals surface area contributed by atoms with Crippen molar-refractivity contribution in [1.82, 2.24) is 5.32 Å². The second-order valence-electron chi connectivity index (χ2n) is 3.32. The topological polar surface area (TPSA) is 12.0 Å². The molecule has 0 bridgehead atoms. The maximum Gasteiger partial charge on any atom is 0.397 e. The molecule has 0 saturated carbocycles. The molecule has 0 saturated heterocycles. The Hall–Kier alpha value is -1.17. The Labute approximate surface area is 89.3 Å². The second-order valence-corrected chi connectivity index (χ2v) is 3.32. The molecule has 6 heteroatoms. The first kappa shape index (κ1) is 12.9. The van der Waals surface area contributed by atoms with Gasteiger partial charge < -0.3 is 5.32 Å². The van der Waals surface area contributed by atoms with Crippen LogP contribution in [0.1, 0.15) is 11.5 Å². The summed E-state index contributed by atoms with van der Waals surface area (Å²) in [5.41, 5.74) is -0.553. The highest BCUT2D eigenvalue weighted by atomic mass is 19.4. The van der Waals surface area contributed by atoms with Crippen LogP contribution < -0.4 is 5.32 Å². The lowest BCUT2D eigenvalue weighted by Gasteiger charge is -2.20. The highest BCUT2D eigenvalue weighted by Crippen LogP contribution is 2.35. The van der Waals surface area contributed by atoms with Crippen molar-refractivity contribution >= 4 is 0 Å². The van der Waals surface area contributed by atoms with E-state index >= 15 is 0 Å². The number of halogens is 5. The van der Waals surface area contributed by atoms with Crippen molar-refractivity contribution < 1.29 is 22.0 Å². The van der Waals surface area contributed by atoms with Crippen LogP contribution in [-0.2, 0) is 0 Å². The van der Waals surface area contributed by atoms with Crippen molar-refractivity contribution in [3.8, 4) is 0 Å². The molecule has 1 aromatic rings. The van der Waals surface area contributed by atoms with Gasteiger partial charge in [-0.2, -0.15) is 13.2 Å². The van der Waals surface area contributed by atoms with Crippen molar-refractivity contribution in [1.29, 1.82) is 0 Å². The molecule has 0 amide bonds. The molecule has 1 nitrogen and oxygen atoms in total. The lowest BCUT2D eigenvalue weighted by Crippen LogP contribution is -2.30. The minimum Gasteiger partial charge on any atom is -0.319 e. The van der Waals surface area contributed by atoms with Gasteiger partial charge >= 0.3 is 6.18 Å². The van der Waals surface area contributed by atoms with Crippen LogP contribution in [0.4, 0.5) is 22.0 Å². The van der Waals surface area contributed by atoms with Gasteiger partial charge in [0.1, 0.15) is 11.6 Å². The van der Waals surface area contributed by atoms with Crippen LogP contribution in [0.5, 0.6) is 0 Å². The Morgan fingerprint density at radius 2 is 1.88 bits per heavy atom. The Balaban J connectivity index is 3.11. The van der Waals surface area contributed by atoms with E-state index in [9.17, 15) is 22.0 Å². The number of hydrogen-bond acceptors (Lipinski definition) is 1. The highest BCUT2D eigenvalue weighted by Gasteiger charge is 2.41. The summed E-state index contributed by atoms with van der Waals surface area (Å²) in [5.74, 6) is -4.05. The summed E-state index contributed by atoms with van der Waals surface area (Å²) in [7, 11) is 1.33.